The zero-order chi connectivity index (χ0) is 24.1. The van der Waals surface area contributed by atoms with E-state index < -0.39 is 17.7 Å². The van der Waals surface area contributed by atoms with E-state index in [0.29, 0.717) is 35.2 Å². The van der Waals surface area contributed by atoms with Crippen molar-refractivity contribution in [1.82, 2.24) is 4.90 Å². The lowest BCUT2D eigenvalue weighted by atomic mass is 9.95. The third-order valence-electron chi connectivity index (χ3n) is 5.26. The van der Waals surface area contributed by atoms with Crippen LogP contribution < -0.4 is 9.47 Å². The lowest BCUT2D eigenvalue weighted by Gasteiger charge is -2.25. The highest BCUT2D eigenvalue weighted by atomic mass is 35.5. The number of carbonyl (C=O) groups excluding carboxylic acids is 2. The number of ether oxygens (including phenoxy) is 3. The van der Waals surface area contributed by atoms with E-state index in [1.165, 1.54) is 25.2 Å². The summed E-state index contributed by atoms with van der Waals surface area (Å²) in [5.74, 6) is -0.399. The predicted octanol–water partition coefficient (Wildman–Crippen LogP) is 4.45. The van der Waals surface area contributed by atoms with Gasteiger partial charge in [0, 0.05) is 19.2 Å². The highest BCUT2D eigenvalue weighted by Gasteiger charge is 2.46. The number of nitrogens with zero attached hydrogens (tertiary/aromatic N) is 1. The van der Waals surface area contributed by atoms with Crippen molar-refractivity contribution >= 4 is 29.1 Å². The molecule has 1 unspecified atom stereocenters. The van der Waals surface area contributed by atoms with Gasteiger partial charge in [-0.2, -0.15) is 0 Å². The van der Waals surface area contributed by atoms with E-state index in [-0.39, 0.29) is 29.5 Å². The molecule has 33 heavy (non-hydrogen) atoms. The largest absolute Gasteiger partial charge is 0.507 e. The van der Waals surface area contributed by atoms with Crippen molar-refractivity contribution < 1.29 is 28.9 Å². The first-order valence-corrected chi connectivity index (χ1v) is 11.0. The van der Waals surface area contributed by atoms with Crippen molar-refractivity contribution in [3.63, 3.8) is 0 Å². The molecule has 0 aromatic heterocycles. The van der Waals surface area contributed by atoms with Gasteiger partial charge < -0.3 is 24.2 Å². The molecule has 1 atom stereocenters. The van der Waals surface area contributed by atoms with Gasteiger partial charge in [0.2, 0.25) is 0 Å². The number of hydrogen-bond acceptors (Lipinski definition) is 6. The molecule has 0 aliphatic carbocycles. The molecule has 2 aromatic carbocycles. The second kappa shape index (κ2) is 10.7. The van der Waals surface area contributed by atoms with Crippen molar-refractivity contribution in [1.29, 1.82) is 0 Å². The SMILES string of the molecule is COCCN1C(=O)C(=O)/C(=C(/O)c2ccc(OC)c(Cl)c2)C1c1cccc(OCC(C)C)c1. The molecule has 8 heteroatoms. The second-order valence-corrected chi connectivity index (χ2v) is 8.52. The number of benzene rings is 2. The first kappa shape index (κ1) is 24.6. The predicted molar refractivity (Wildman–Crippen MR) is 126 cm³/mol. The minimum Gasteiger partial charge on any atom is -0.507 e. The Balaban J connectivity index is 2.12. The lowest BCUT2D eigenvalue weighted by molar-refractivity contribution is -0.140. The van der Waals surface area contributed by atoms with E-state index in [0.717, 1.165) is 0 Å². The Hall–Kier alpha value is -3.03. The molecule has 0 radical (unpaired) electrons. The minimum atomic E-state index is -0.802. The van der Waals surface area contributed by atoms with Gasteiger partial charge in [-0.05, 0) is 41.8 Å². The molecule has 2 aromatic rings. The normalized spacial score (nSPS) is 17.6. The van der Waals surface area contributed by atoms with Crippen LogP contribution in [0.5, 0.6) is 11.5 Å². The first-order valence-electron chi connectivity index (χ1n) is 10.6. The lowest BCUT2D eigenvalue weighted by Crippen LogP contribution is -2.32. The molecule has 1 aliphatic rings. The summed E-state index contributed by atoms with van der Waals surface area (Å²) in [6.45, 7) is 5.04. The van der Waals surface area contributed by atoms with E-state index in [1.54, 1.807) is 30.3 Å². The van der Waals surface area contributed by atoms with Crippen LogP contribution in [0, 0.1) is 5.92 Å². The van der Waals surface area contributed by atoms with Gasteiger partial charge in [-0.1, -0.05) is 37.6 Å². The monoisotopic (exact) mass is 473 g/mol. The maximum atomic E-state index is 13.0. The Morgan fingerprint density at radius 2 is 1.91 bits per heavy atom. The van der Waals surface area contributed by atoms with Crippen LogP contribution in [0.25, 0.3) is 5.76 Å². The molecule has 1 amide bonds. The topological polar surface area (TPSA) is 85.3 Å². The van der Waals surface area contributed by atoms with E-state index in [2.05, 4.69) is 0 Å². The summed E-state index contributed by atoms with van der Waals surface area (Å²) < 4.78 is 16.1. The number of ketones is 1. The van der Waals surface area contributed by atoms with Crippen LogP contribution in [0.3, 0.4) is 0 Å². The Labute approximate surface area is 198 Å². The van der Waals surface area contributed by atoms with Crippen molar-refractivity contribution in [2.45, 2.75) is 19.9 Å². The fourth-order valence-electron chi connectivity index (χ4n) is 3.65. The van der Waals surface area contributed by atoms with Gasteiger partial charge in [0.25, 0.3) is 11.7 Å². The number of aliphatic hydroxyl groups excluding tert-OH is 1. The number of methoxy groups -OCH3 is 2. The van der Waals surface area contributed by atoms with Gasteiger partial charge in [-0.3, -0.25) is 9.59 Å². The number of hydrogen-bond donors (Lipinski definition) is 1. The van der Waals surface area contributed by atoms with E-state index in [1.807, 2.05) is 19.9 Å². The molecule has 1 saturated heterocycles. The zero-order valence-electron chi connectivity index (χ0n) is 19.1. The highest BCUT2D eigenvalue weighted by Crippen LogP contribution is 2.41. The number of rotatable bonds is 9. The van der Waals surface area contributed by atoms with Gasteiger partial charge in [0.05, 0.1) is 37.0 Å². The Morgan fingerprint density at radius 1 is 1.15 bits per heavy atom. The maximum Gasteiger partial charge on any atom is 0.295 e. The summed E-state index contributed by atoms with van der Waals surface area (Å²) in [5.41, 5.74) is 0.939. The summed E-state index contributed by atoms with van der Waals surface area (Å²) in [7, 11) is 3.00. The van der Waals surface area contributed by atoms with Gasteiger partial charge in [0.1, 0.15) is 17.3 Å². The third kappa shape index (κ3) is 5.31. The van der Waals surface area contributed by atoms with Crippen molar-refractivity contribution in [3.05, 3.63) is 64.2 Å². The molecular weight excluding hydrogens is 446 g/mol. The zero-order valence-corrected chi connectivity index (χ0v) is 19.9. The number of Topliss-reactive ketones (excluding diaryl/α,β-unsaturated/α-hetero) is 1. The van der Waals surface area contributed by atoms with Crippen LogP contribution in [0.15, 0.2) is 48.0 Å². The summed E-state index contributed by atoms with van der Waals surface area (Å²) in [6, 6.07) is 11.1. The minimum absolute atomic E-state index is 0.0154. The molecule has 1 N–H and O–H groups in total. The Bertz CT molecular complexity index is 1060. The molecule has 0 spiro atoms. The fraction of sp³-hybridized carbons (Fsp3) is 0.360. The van der Waals surface area contributed by atoms with E-state index >= 15 is 0 Å². The average molecular weight is 474 g/mol. The van der Waals surface area contributed by atoms with Crippen LogP contribution in [0.4, 0.5) is 0 Å². The van der Waals surface area contributed by atoms with Gasteiger partial charge in [-0.25, -0.2) is 0 Å². The average Bonchev–Trinajstić information content (AvgIpc) is 3.05. The standard InChI is InChI=1S/C25H28ClNO6/c1-15(2)14-33-18-7-5-6-16(12-18)22-21(24(29)25(30)27(22)10-11-31-3)23(28)17-8-9-20(32-4)19(26)13-17/h5-9,12-13,15,22,28H,10-11,14H2,1-4H3/b23-21+. The molecule has 0 bridgehead atoms. The summed E-state index contributed by atoms with van der Waals surface area (Å²) in [6.07, 6.45) is 0. The number of amides is 1. The number of aliphatic hydroxyl groups is 1. The van der Waals surface area contributed by atoms with Crippen LogP contribution in [0.1, 0.15) is 31.0 Å². The van der Waals surface area contributed by atoms with Gasteiger partial charge >= 0.3 is 0 Å². The molecule has 176 valence electrons. The number of likely N-dealkylation sites (tertiary alicyclic amines) is 1. The summed E-state index contributed by atoms with van der Waals surface area (Å²) in [4.78, 5) is 27.4. The van der Waals surface area contributed by atoms with E-state index in [4.69, 9.17) is 25.8 Å². The van der Waals surface area contributed by atoms with Crippen molar-refractivity contribution in [3.8, 4) is 11.5 Å². The molecular formula is C25H28ClNO6. The van der Waals surface area contributed by atoms with Crippen LogP contribution >= 0.6 is 11.6 Å². The Kier molecular flexibility index (Phi) is 8.00. The molecule has 1 fully saturated rings. The van der Waals surface area contributed by atoms with Gasteiger partial charge in [-0.15, -0.1) is 0 Å². The molecule has 7 nitrogen and oxygen atoms in total. The first-order chi connectivity index (χ1) is 15.8. The van der Waals surface area contributed by atoms with Crippen LogP contribution in [-0.2, 0) is 14.3 Å². The van der Waals surface area contributed by atoms with Crippen molar-refractivity contribution in [2.24, 2.45) is 5.92 Å². The number of carbonyl (C=O) groups is 2. The molecule has 0 saturated carbocycles. The van der Waals surface area contributed by atoms with Gasteiger partial charge in [0.15, 0.2) is 0 Å². The molecule has 3 rings (SSSR count). The maximum absolute atomic E-state index is 13.0. The molecule has 1 heterocycles. The molecule has 1 aliphatic heterocycles. The summed E-state index contributed by atoms with van der Waals surface area (Å²) in [5, 5.41) is 11.4. The van der Waals surface area contributed by atoms with E-state index in [9.17, 15) is 14.7 Å². The smallest absolute Gasteiger partial charge is 0.295 e. The summed E-state index contributed by atoms with van der Waals surface area (Å²) >= 11 is 6.22. The quantitative estimate of drug-likeness (QED) is 0.329. The Morgan fingerprint density at radius 3 is 2.55 bits per heavy atom. The fourth-order valence-corrected chi connectivity index (χ4v) is 3.91. The van der Waals surface area contributed by atoms with Crippen LogP contribution in [-0.4, -0.2) is 55.7 Å². The third-order valence-corrected chi connectivity index (χ3v) is 5.55. The highest BCUT2D eigenvalue weighted by molar-refractivity contribution is 6.46. The second-order valence-electron chi connectivity index (χ2n) is 8.11. The van der Waals surface area contributed by atoms with Crippen LogP contribution in [0.2, 0.25) is 5.02 Å². The number of halogens is 1. The van der Waals surface area contributed by atoms with Crippen molar-refractivity contribution in [2.75, 3.05) is 34.0 Å².